The molecule has 3 aromatic rings. The Balaban J connectivity index is 0.000000500. The zero-order chi connectivity index (χ0) is 20.4. The smallest absolute Gasteiger partial charge is 0.145 e. The van der Waals surface area contributed by atoms with E-state index in [1.54, 1.807) is 6.92 Å². The number of rotatable bonds is 7. The third-order valence-corrected chi connectivity index (χ3v) is 4.68. The molecule has 2 heteroatoms. The van der Waals surface area contributed by atoms with E-state index in [2.05, 4.69) is 79.5 Å². The number of aldehydes is 1. The Morgan fingerprint density at radius 1 is 0.929 bits per heavy atom. The van der Waals surface area contributed by atoms with Crippen LogP contribution in [0.3, 0.4) is 0 Å². The highest BCUT2D eigenvalue weighted by atomic mass is 16.1. The third kappa shape index (κ3) is 6.38. The molecule has 1 N–H and O–H groups in total. The summed E-state index contributed by atoms with van der Waals surface area (Å²) in [7, 11) is 1.95. The molecular weight excluding hydrogens is 342 g/mol. The van der Waals surface area contributed by atoms with E-state index in [0.29, 0.717) is 5.57 Å². The standard InChI is InChI=1S/C22H25N.C4H6O/c1-3-4-5-6-17-7-8-21-16-20(10-9-19(21)15-17)18-11-13-22(23-2)14-12-18;1-4(2)3-5/h7-16,23H,3-6H2,1-2H3;3H,1H2,2H3. The Bertz CT molecular complexity index is 909. The average Bonchev–Trinajstić information content (AvgIpc) is 2.74. The SMILES string of the molecule is C=C(C)C=O.CCCCCc1ccc2cc(-c3ccc(NC)cc3)ccc2c1. The molecule has 3 aromatic carbocycles. The van der Waals surface area contributed by atoms with Crippen LogP contribution in [0.1, 0.15) is 38.7 Å². The van der Waals surface area contributed by atoms with Gasteiger partial charge in [0, 0.05) is 12.7 Å². The van der Waals surface area contributed by atoms with Crippen LogP contribution in [-0.2, 0) is 11.2 Å². The van der Waals surface area contributed by atoms with Crippen molar-refractivity contribution >= 4 is 22.7 Å². The summed E-state index contributed by atoms with van der Waals surface area (Å²) in [5.74, 6) is 0. The molecule has 0 saturated heterocycles. The quantitative estimate of drug-likeness (QED) is 0.273. The summed E-state index contributed by atoms with van der Waals surface area (Å²) >= 11 is 0. The van der Waals surface area contributed by atoms with Crippen molar-refractivity contribution in [2.45, 2.75) is 39.5 Å². The number of aryl methyl sites for hydroxylation is 1. The average molecular weight is 374 g/mol. The fraction of sp³-hybridized carbons (Fsp3) is 0.269. The van der Waals surface area contributed by atoms with Crippen LogP contribution in [0, 0.1) is 0 Å². The number of carbonyl (C=O) groups is 1. The van der Waals surface area contributed by atoms with E-state index in [1.807, 2.05) is 7.05 Å². The van der Waals surface area contributed by atoms with Gasteiger partial charge in [-0.05, 0) is 71.0 Å². The van der Waals surface area contributed by atoms with Crippen LogP contribution in [0.2, 0.25) is 0 Å². The zero-order valence-electron chi connectivity index (χ0n) is 17.3. The first-order chi connectivity index (χ1) is 13.6. The van der Waals surface area contributed by atoms with Gasteiger partial charge in [-0.3, -0.25) is 4.79 Å². The lowest BCUT2D eigenvalue weighted by molar-refractivity contribution is -0.104. The topological polar surface area (TPSA) is 29.1 Å². The van der Waals surface area contributed by atoms with Gasteiger partial charge in [-0.15, -0.1) is 0 Å². The van der Waals surface area contributed by atoms with E-state index in [4.69, 9.17) is 0 Å². The Hall–Kier alpha value is -2.87. The van der Waals surface area contributed by atoms with Crippen molar-refractivity contribution in [1.82, 2.24) is 0 Å². The van der Waals surface area contributed by atoms with Crippen molar-refractivity contribution < 1.29 is 4.79 Å². The van der Waals surface area contributed by atoms with Crippen molar-refractivity contribution in [2.24, 2.45) is 0 Å². The van der Waals surface area contributed by atoms with Gasteiger partial charge in [-0.1, -0.05) is 68.8 Å². The monoisotopic (exact) mass is 373 g/mol. The maximum Gasteiger partial charge on any atom is 0.145 e. The molecule has 0 bridgehead atoms. The number of unbranched alkanes of at least 4 members (excludes halogenated alkanes) is 2. The van der Waals surface area contributed by atoms with Gasteiger partial charge in [0.25, 0.3) is 0 Å². The number of nitrogens with one attached hydrogen (secondary N) is 1. The van der Waals surface area contributed by atoms with Crippen molar-refractivity contribution in [3.05, 3.63) is 78.4 Å². The van der Waals surface area contributed by atoms with E-state index >= 15 is 0 Å². The fourth-order valence-corrected chi connectivity index (χ4v) is 3.04. The summed E-state index contributed by atoms with van der Waals surface area (Å²) in [4.78, 5) is 9.41. The van der Waals surface area contributed by atoms with E-state index in [1.165, 1.54) is 53.1 Å². The van der Waals surface area contributed by atoms with Crippen LogP contribution in [0.25, 0.3) is 21.9 Å². The molecule has 0 radical (unpaired) electrons. The third-order valence-electron chi connectivity index (χ3n) is 4.68. The fourth-order valence-electron chi connectivity index (χ4n) is 3.04. The number of fused-ring (bicyclic) bond motifs is 1. The summed E-state index contributed by atoms with van der Waals surface area (Å²) in [5.41, 5.74) is 5.71. The molecular formula is C26H31NO. The first-order valence-corrected chi connectivity index (χ1v) is 9.99. The van der Waals surface area contributed by atoms with Gasteiger partial charge in [0.15, 0.2) is 0 Å². The second-order valence-corrected chi connectivity index (χ2v) is 7.14. The number of anilines is 1. The largest absolute Gasteiger partial charge is 0.388 e. The number of benzene rings is 3. The molecule has 2 nitrogen and oxygen atoms in total. The van der Waals surface area contributed by atoms with E-state index in [0.717, 1.165) is 12.0 Å². The lowest BCUT2D eigenvalue weighted by Crippen LogP contribution is -1.88. The molecule has 0 aliphatic heterocycles. The van der Waals surface area contributed by atoms with Crippen LogP contribution < -0.4 is 5.32 Å². The molecule has 0 aromatic heterocycles. The molecule has 3 rings (SSSR count). The second kappa shape index (κ2) is 11.1. The highest BCUT2D eigenvalue weighted by molar-refractivity contribution is 5.88. The van der Waals surface area contributed by atoms with Crippen LogP contribution in [0.15, 0.2) is 72.8 Å². The molecule has 0 atom stereocenters. The lowest BCUT2D eigenvalue weighted by atomic mass is 9.98. The highest BCUT2D eigenvalue weighted by Gasteiger charge is 2.02. The number of hydrogen-bond donors (Lipinski definition) is 1. The van der Waals surface area contributed by atoms with Gasteiger partial charge in [0.1, 0.15) is 6.29 Å². The van der Waals surface area contributed by atoms with Gasteiger partial charge in [0.2, 0.25) is 0 Å². The highest BCUT2D eigenvalue weighted by Crippen LogP contribution is 2.26. The lowest BCUT2D eigenvalue weighted by Gasteiger charge is -2.08. The van der Waals surface area contributed by atoms with Crippen LogP contribution >= 0.6 is 0 Å². The van der Waals surface area contributed by atoms with Gasteiger partial charge < -0.3 is 5.32 Å². The van der Waals surface area contributed by atoms with Crippen molar-refractivity contribution in [2.75, 3.05) is 12.4 Å². The molecule has 0 fully saturated rings. The first-order valence-electron chi connectivity index (χ1n) is 9.99. The van der Waals surface area contributed by atoms with Crippen LogP contribution in [0.4, 0.5) is 5.69 Å². The Kier molecular flexibility index (Phi) is 8.48. The Morgan fingerprint density at radius 2 is 1.54 bits per heavy atom. The van der Waals surface area contributed by atoms with E-state index < -0.39 is 0 Å². The first kappa shape index (κ1) is 21.4. The molecule has 146 valence electrons. The molecule has 0 aliphatic rings. The molecule has 0 heterocycles. The molecule has 0 aliphatic carbocycles. The molecule has 28 heavy (non-hydrogen) atoms. The Morgan fingerprint density at radius 3 is 2.14 bits per heavy atom. The van der Waals surface area contributed by atoms with Crippen LogP contribution in [-0.4, -0.2) is 13.3 Å². The minimum Gasteiger partial charge on any atom is -0.388 e. The Labute approximate surface area is 169 Å². The number of hydrogen-bond acceptors (Lipinski definition) is 2. The summed E-state index contributed by atoms with van der Waals surface area (Å²) in [6.45, 7) is 7.22. The summed E-state index contributed by atoms with van der Waals surface area (Å²) in [6.07, 6.45) is 5.80. The minimum atomic E-state index is 0.574. The molecule has 0 saturated carbocycles. The van der Waals surface area contributed by atoms with Crippen LogP contribution in [0.5, 0.6) is 0 Å². The number of allylic oxidation sites excluding steroid dienone is 1. The second-order valence-electron chi connectivity index (χ2n) is 7.14. The summed E-state index contributed by atoms with van der Waals surface area (Å²) in [5, 5.41) is 5.82. The maximum atomic E-state index is 9.41. The van der Waals surface area contributed by atoms with Gasteiger partial charge in [-0.2, -0.15) is 0 Å². The minimum absolute atomic E-state index is 0.574. The molecule has 0 amide bonds. The molecule has 0 unspecified atom stereocenters. The van der Waals surface area contributed by atoms with Gasteiger partial charge in [-0.25, -0.2) is 0 Å². The predicted molar refractivity (Wildman–Crippen MR) is 123 cm³/mol. The number of carbonyl (C=O) groups excluding carboxylic acids is 1. The van der Waals surface area contributed by atoms with Crippen molar-refractivity contribution in [3.8, 4) is 11.1 Å². The van der Waals surface area contributed by atoms with Crippen molar-refractivity contribution in [1.29, 1.82) is 0 Å². The summed E-state index contributed by atoms with van der Waals surface area (Å²) < 4.78 is 0. The van der Waals surface area contributed by atoms with Gasteiger partial charge >= 0.3 is 0 Å². The zero-order valence-corrected chi connectivity index (χ0v) is 17.3. The predicted octanol–water partition coefficient (Wildman–Crippen LogP) is 7.04. The van der Waals surface area contributed by atoms with Crippen molar-refractivity contribution in [3.63, 3.8) is 0 Å². The maximum absolute atomic E-state index is 9.41. The van der Waals surface area contributed by atoms with E-state index in [9.17, 15) is 4.79 Å². The van der Waals surface area contributed by atoms with E-state index in [-0.39, 0.29) is 0 Å². The summed E-state index contributed by atoms with van der Waals surface area (Å²) in [6, 6.07) is 22.3. The van der Waals surface area contributed by atoms with Gasteiger partial charge in [0.05, 0.1) is 0 Å². The normalized spacial score (nSPS) is 10.1. The molecule has 0 spiro atoms.